The van der Waals surface area contributed by atoms with E-state index in [1.165, 1.54) is 18.4 Å². The zero-order chi connectivity index (χ0) is 13.9. The second-order valence-electron chi connectivity index (χ2n) is 4.14. The number of ether oxygens (including phenoxy) is 1. The van der Waals surface area contributed by atoms with Crippen LogP contribution in [0.4, 0.5) is 0 Å². The highest BCUT2D eigenvalue weighted by Gasteiger charge is 2.23. The molecule has 0 aromatic carbocycles. The van der Waals surface area contributed by atoms with E-state index in [4.69, 9.17) is 9.84 Å². The van der Waals surface area contributed by atoms with Crippen LogP contribution in [0.1, 0.15) is 28.4 Å². The molecule has 0 aliphatic carbocycles. The van der Waals surface area contributed by atoms with Crippen LogP contribution in [0.25, 0.3) is 0 Å². The Morgan fingerprint density at radius 3 is 2.56 bits per heavy atom. The molecule has 0 aliphatic rings. The Morgan fingerprint density at radius 1 is 1.44 bits per heavy atom. The molecule has 0 saturated carbocycles. The summed E-state index contributed by atoms with van der Waals surface area (Å²) in [4.78, 5) is 24.3. The van der Waals surface area contributed by atoms with E-state index in [9.17, 15) is 9.59 Å². The van der Waals surface area contributed by atoms with Crippen molar-refractivity contribution in [3.05, 3.63) is 15.8 Å². The summed E-state index contributed by atoms with van der Waals surface area (Å²) < 4.78 is 5.11. The number of methoxy groups -OCH3 is 1. The molecule has 5 nitrogen and oxygen atoms in total. The van der Waals surface area contributed by atoms with Gasteiger partial charge in [0.2, 0.25) is 0 Å². The van der Waals surface area contributed by atoms with Crippen LogP contribution in [-0.2, 0) is 4.79 Å². The molecule has 18 heavy (non-hydrogen) atoms. The largest absolute Gasteiger partial charge is 0.495 e. The number of rotatable bonds is 5. The molecule has 2 unspecified atom stereocenters. The van der Waals surface area contributed by atoms with Gasteiger partial charge < -0.3 is 15.2 Å². The van der Waals surface area contributed by atoms with Crippen molar-refractivity contribution in [1.82, 2.24) is 5.32 Å². The highest BCUT2D eigenvalue weighted by molar-refractivity contribution is 7.14. The first kappa shape index (κ1) is 14.5. The van der Waals surface area contributed by atoms with E-state index in [2.05, 4.69) is 5.32 Å². The number of nitrogens with one attached hydrogen (secondary N) is 1. The van der Waals surface area contributed by atoms with Gasteiger partial charge in [-0.25, -0.2) is 0 Å². The average molecular weight is 271 g/mol. The summed E-state index contributed by atoms with van der Waals surface area (Å²) in [5, 5.41) is 11.5. The molecular weight excluding hydrogens is 254 g/mol. The van der Waals surface area contributed by atoms with Gasteiger partial charge >= 0.3 is 5.97 Å². The monoisotopic (exact) mass is 271 g/mol. The summed E-state index contributed by atoms with van der Waals surface area (Å²) in [5.74, 6) is -1.35. The first-order valence-electron chi connectivity index (χ1n) is 5.55. The summed E-state index contributed by atoms with van der Waals surface area (Å²) in [5.41, 5.74) is 0. The Hall–Kier alpha value is -1.56. The Balaban J connectivity index is 2.79. The van der Waals surface area contributed by atoms with E-state index in [0.29, 0.717) is 10.6 Å². The molecule has 0 spiro atoms. The minimum absolute atomic E-state index is 0.300. The molecule has 100 valence electrons. The van der Waals surface area contributed by atoms with E-state index in [1.807, 2.05) is 6.92 Å². The Morgan fingerprint density at radius 2 is 2.06 bits per heavy atom. The molecule has 1 rings (SSSR count). The van der Waals surface area contributed by atoms with Crippen LogP contribution in [0, 0.1) is 12.8 Å². The predicted octanol–water partition coefficient (Wildman–Crippen LogP) is 1.90. The molecule has 0 radical (unpaired) electrons. The van der Waals surface area contributed by atoms with Gasteiger partial charge in [0.15, 0.2) is 0 Å². The molecule has 0 aliphatic heterocycles. The summed E-state index contributed by atoms with van der Waals surface area (Å²) in [6, 6.07) is 1.34. The van der Waals surface area contributed by atoms with E-state index in [-0.39, 0.29) is 5.91 Å². The molecule has 0 fully saturated rings. The van der Waals surface area contributed by atoms with Crippen LogP contribution in [0.3, 0.4) is 0 Å². The van der Waals surface area contributed by atoms with E-state index >= 15 is 0 Å². The molecule has 2 atom stereocenters. The number of carbonyl (C=O) groups is 2. The second-order valence-corrected chi connectivity index (χ2v) is 5.40. The van der Waals surface area contributed by atoms with Crippen LogP contribution in [0.15, 0.2) is 6.07 Å². The van der Waals surface area contributed by atoms with Gasteiger partial charge in [0.05, 0.1) is 13.0 Å². The number of aliphatic carboxylic acids is 1. The van der Waals surface area contributed by atoms with E-state index < -0.39 is 17.9 Å². The first-order valence-corrected chi connectivity index (χ1v) is 6.36. The molecule has 6 heteroatoms. The number of amides is 1. The van der Waals surface area contributed by atoms with Gasteiger partial charge in [-0.15, -0.1) is 11.3 Å². The van der Waals surface area contributed by atoms with Crippen LogP contribution in [0.2, 0.25) is 0 Å². The van der Waals surface area contributed by atoms with Crippen molar-refractivity contribution < 1.29 is 19.4 Å². The maximum atomic E-state index is 12.0. The van der Waals surface area contributed by atoms with Gasteiger partial charge in [-0.1, -0.05) is 0 Å². The van der Waals surface area contributed by atoms with Crippen molar-refractivity contribution >= 4 is 23.2 Å². The number of carboxylic acids is 1. The molecule has 2 N–H and O–H groups in total. The topological polar surface area (TPSA) is 75.6 Å². The maximum absolute atomic E-state index is 12.0. The van der Waals surface area contributed by atoms with Crippen molar-refractivity contribution in [2.75, 3.05) is 7.11 Å². The standard InChI is InChI=1S/C12H17NO4S/c1-6-5-9(17-4)10(18-6)11(14)13-8(3)7(2)12(15)16/h5,7-8H,1-4H3,(H,13,14)(H,15,16). The van der Waals surface area contributed by atoms with Gasteiger partial charge in [0, 0.05) is 10.9 Å². The fourth-order valence-electron chi connectivity index (χ4n) is 1.41. The van der Waals surface area contributed by atoms with Crippen molar-refractivity contribution in [2.45, 2.75) is 26.8 Å². The number of aryl methyl sites for hydroxylation is 1. The highest BCUT2D eigenvalue weighted by atomic mass is 32.1. The Labute approximate surface area is 110 Å². The van der Waals surface area contributed by atoms with Crippen molar-refractivity contribution in [1.29, 1.82) is 0 Å². The molecule has 1 heterocycles. The molecule has 1 aromatic rings. The number of hydrogen-bond acceptors (Lipinski definition) is 4. The predicted molar refractivity (Wildman–Crippen MR) is 69.3 cm³/mol. The summed E-state index contributed by atoms with van der Waals surface area (Å²) in [7, 11) is 1.50. The number of carboxylic acid groups (broad SMARTS) is 1. The number of thiophene rings is 1. The zero-order valence-electron chi connectivity index (χ0n) is 10.8. The van der Waals surface area contributed by atoms with Crippen LogP contribution >= 0.6 is 11.3 Å². The third-order valence-corrected chi connectivity index (χ3v) is 3.78. The lowest BCUT2D eigenvalue weighted by Crippen LogP contribution is -2.39. The third-order valence-electron chi connectivity index (χ3n) is 2.75. The normalized spacial score (nSPS) is 13.8. The fourth-order valence-corrected chi connectivity index (χ4v) is 2.29. The average Bonchev–Trinajstić information content (AvgIpc) is 2.69. The van der Waals surface area contributed by atoms with E-state index in [0.717, 1.165) is 4.88 Å². The maximum Gasteiger partial charge on any atom is 0.308 e. The Bertz CT molecular complexity index is 455. The third kappa shape index (κ3) is 3.22. The minimum Gasteiger partial charge on any atom is -0.495 e. The lowest BCUT2D eigenvalue weighted by atomic mass is 10.0. The number of carbonyl (C=O) groups excluding carboxylic acids is 1. The van der Waals surface area contributed by atoms with Gasteiger partial charge in [0.25, 0.3) is 5.91 Å². The van der Waals surface area contributed by atoms with Crippen molar-refractivity contribution in [3.8, 4) is 5.75 Å². The minimum atomic E-state index is -0.933. The first-order chi connectivity index (χ1) is 8.36. The Kier molecular flexibility index (Phi) is 4.72. The lowest BCUT2D eigenvalue weighted by molar-refractivity contribution is -0.141. The molecule has 0 saturated heterocycles. The van der Waals surface area contributed by atoms with Crippen molar-refractivity contribution in [3.63, 3.8) is 0 Å². The number of hydrogen-bond donors (Lipinski definition) is 2. The zero-order valence-corrected chi connectivity index (χ0v) is 11.6. The molecular formula is C12H17NO4S. The summed E-state index contributed by atoms with van der Waals surface area (Å²) >= 11 is 1.32. The van der Waals surface area contributed by atoms with Gasteiger partial charge in [-0.05, 0) is 26.8 Å². The van der Waals surface area contributed by atoms with Gasteiger partial charge in [-0.3, -0.25) is 9.59 Å². The van der Waals surface area contributed by atoms with Gasteiger partial charge in [-0.2, -0.15) is 0 Å². The van der Waals surface area contributed by atoms with Crippen LogP contribution in [-0.4, -0.2) is 30.1 Å². The summed E-state index contributed by atoms with van der Waals surface area (Å²) in [6.07, 6.45) is 0. The smallest absolute Gasteiger partial charge is 0.308 e. The highest BCUT2D eigenvalue weighted by Crippen LogP contribution is 2.28. The molecule has 1 amide bonds. The van der Waals surface area contributed by atoms with Crippen molar-refractivity contribution in [2.24, 2.45) is 5.92 Å². The van der Waals surface area contributed by atoms with Crippen LogP contribution in [0.5, 0.6) is 5.75 Å². The summed E-state index contributed by atoms with van der Waals surface area (Å²) in [6.45, 7) is 5.11. The fraction of sp³-hybridized carbons (Fsp3) is 0.500. The SMILES string of the molecule is COc1cc(C)sc1C(=O)NC(C)C(C)C(=O)O. The second kappa shape index (κ2) is 5.86. The molecule has 0 bridgehead atoms. The van der Waals surface area contributed by atoms with Crippen LogP contribution < -0.4 is 10.1 Å². The van der Waals surface area contributed by atoms with E-state index in [1.54, 1.807) is 19.9 Å². The quantitative estimate of drug-likeness (QED) is 0.857. The lowest BCUT2D eigenvalue weighted by Gasteiger charge is -2.17. The van der Waals surface area contributed by atoms with Gasteiger partial charge in [0.1, 0.15) is 10.6 Å². The molecule has 1 aromatic heterocycles.